The van der Waals surface area contributed by atoms with E-state index in [4.69, 9.17) is 4.74 Å². The lowest BCUT2D eigenvalue weighted by molar-refractivity contribution is 0.318. The van der Waals surface area contributed by atoms with Gasteiger partial charge in [0.15, 0.2) is 0 Å². The smallest absolute Gasteiger partial charge is 0.132 e. The summed E-state index contributed by atoms with van der Waals surface area (Å²) in [6.07, 6.45) is 0.984. The molecule has 2 aromatic rings. The third kappa shape index (κ3) is 2.90. The average Bonchev–Trinajstić information content (AvgIpc) is 2.47. The monoisotopic (exact) mass is 271 g/mol. The first kappa shape index (κ1) is 14.3. The van der Waals surface area contributed by atoms with E-state index in [0.29, 0.717) is 6.61 Å². The van der Waals surface area contributed by atoms with E-state index < -0.39 is 0 Å². The van der Waals surface area contributed by atoms with Crippen molar-refractivity contribution in [1.29, 1.82) is 0 Å². The number of aromatic nitrogens is 2. The predicted octanol–water partition coefficient (Wildman–Crippen LogP) is 3.59. The maximum absolute atomic E-state index is 5.83. The molecule has 0 amide bonds. The number of hydrogen-bond acceptors (Lipinski definition) is 4. The number of nitrogens with zero attached hydrogens (tertiary/aromatic N) is 2. The second kappa shape index (κ2) is 6.37. The van der Waals surface area contributed by atoms with Crippen molar-refractivity contribution in [3.8, 4) is 17.0 Å². The third-order valence-corrected chi connectivity index (χ3v) is 3.10. The van der Waals surface area contributed by atoms with E-state index >= 15 is 0 Å². The summed E-state index contributed by atoms with van der Waals surface area (Å²) in [6, 6.07) is 8.01. The SMILES string of the molecule is CCCOc1ccccc1-c1nc(C)nc(NC)c1C. The molecule has 0 aliphatic heterocycles. The Balaban J connectivity index is 2.53. The van der Waals surface area contributed by atoms with E-state index in [0.717, 1.165) is 40.6 Å². The number of benzene rings is 1. The Morgan fingerprint density at radius 1 is 1.15 bits per heavy atom. The zero-order valence-electron chi connectivity index (χ0n) is 12.5. The molecule has 1 aromatic carbocycles. The standard InChI is InChI=1S/C16H21N3O/c1-5-10-20-14-9-7-6-8-13(14)15-11(2)16(17-4)19-12(3)18-15/h6-9H,5,10H2,1-4H3,(H,17,18,19). The summed E-state index contributed by atoms with van der Waals surface area (Å²) in [5.41, 5.74) is 2.97. The van der Waals surface area contributed by atoms with Crippen molar-refractivity contribution in [2.75, 3.05) is 19.0 Å². The first-order valence-electron chi connectivity index (χ1n) is 6.92. The topological polar surface area (TPSA) is 47.0 Å². The van der Waals surface area contributed by atoms with E-state index in [2.05, 4.69) is 22.2 Å². The lowest BCUT2D eigenvalue weighted by Gasteiger charge is -2.14. The molecule has 2 rings (SSSR count). The highest BCUT2D eigenvalue weighted by Crippen LogP contribution is 2.32. The fourth-order valence-electron chi connectivity index (χ4n) is 2.13. The van der Waals surface area contributed by atoms with Crippen molar-refractivity contribution >= 4 is 5.82 Å². The third-order valence-electron chi connectivity index (χ3n) is 3.10. The molecule has 0 unspecified atom stereocenters. The summed E-state index contributed by atoms with van der Waals surface area (Å²) in [4.78, 5) is 9.00. The fourth-order valence-corrected chi connectivity index (χ4v) is 2.13. The average molecular weight is 271 g/mol. The zero-order valence-corrected chi connectivity index (χ0v) is 12.5. The van der Waals surface area contributed by atoms with Crippen molar-refractivity contribution in [2.45, 2.75) is 27.2 Å². The number of anilines is 1. The molecule has 0 fully saturated rings. The van der Waals surface area contributed by atoms with Crippen LogP contribution < -0.4 is 10.1 Å². The Morgan fingerprint density at radius 3 is 2.60 bits per heavy atom. The van der Waals surface area contributed by atoms with Crippen molar-refractivity contribution < 1.29 is 4.74 Å². The lowest BCUT2D eigenvalue weighted by atomic mass is 10.1. The van der Waals surface area contributed by atoms with Gasteiger partial charge >= 0.3 is 0 Å². The number of hydrogen-bond donors (Lipinski definition) is 1. The summed E-state index contributed by atoms with van der Waals surface area (Å²) in [7, 11) is 1.87. The highest BCUT2D eigenvalue weighted by atomic mass is 16.5. The minimum atomic E-state index is 0.707. The van der Waals surface area contributed by atoms with Gasteiger partial charge in [-0.3, -0.25) is 0 Å². The first-order valence-corrected chi connectivity index (χ1v) is 6.92. The molecule has 20 heavy (non-hydrogen) atoms. The van der Waals surface area contributed by atoms with Gasteiger partial charge in [0.05, 0.1) is 12.3 Å². The van der Waals surface area contributed by atoms with Gasteiger partial charge in [0.2, 0.25) is 0 Å². The van der Waals surface area contributed by atoms with Crippen LogP contribution in [-0.2, 0) is 0 Å². The van der Waals surface area contributed by atoms with Crippen LogP contribution in [0, 0.1) is 13.8 Å². The van der Waals surface area contributed by atoms with E-state index in [1.54, 1.807) is 0 Å². The van der Waals surface area contributed by atoms with Crippen LogP contribution in [0.4, 0.5) is 5.82 Å². The van der Waals surface area contributed by atoms with E-state index in [9.17, 15) is 0 Å². The van der Waals surface area contributed by atoms with Gasteiger partial charge in [-0.1, -0.05) is 19.1 Å². The fraction of sp³-hybridized carbons (Fsp3) is 0.375. The zero-order chi connectivity index (χ0) is 14.5. The van der Waals surface area contributed by atoms with Gasteiger partial charge in [-0.25, -0.2) is 9.97 Å². The molecule has 1 N–H and O–H groups in total. The summed E-state index contributed by atoms with van der Waals surface area (Å²) in [5, 5.41) is 3.12. The van der Waals surface area contributed by atoms with Gasteiger partial charge in [-0.2, -0.15) is 0 Å². The molecule has 0 atom stereocenters. The second-order valence-electron chi connectivity index (χ2n) is 4.69. The second-order valence-corrected chi connectivity index (χ2v) is 4.69. The van der Waals surface area contributed by atoms with E-state index in [1.165, 1.54) is 0 Å². The van der Waals surface area contributed by atoms with Crippen LogP contribution in [0.15, 0.2) is 24.3 Å². The summed E-state index contributed by atoms with van der Waals surface area (Å²) in [6.45, 7) is 6.73. The molecule has 1 heterocycles. The van der Waals surface area contributed by atoms with Crippen LogP contribution in [0.5, 0.6) is 5.75 Å². The maximum Gasteiger partial charge on any atom is 0.132 e. The van der Waals surface area contributed by atoms with Gasteiger partial charge < -0.3 is 10.1 Å². The van der Waals surface area contributed by atoms with E-state index in [1.807, 2.05) is 45.2 Å². The Morgan fingerprint density at radius 2 is 1.90 bits per heavy atom. The molecule has 106 valence electrons. The van der Waals surface area contributed by atoms with Crippen molar-refractivity contribution in [3.05, 3.63) is 35.7 Å². The minimum Gasteiger partial charge on any atom is -0.493 e. The summed E-state index contributed by atoms with van der Waals surface area (Å²) < 4.78 is 5.83. The number of nitrogens with one attached hydrogen (secondary N) is 1. The highest BCUT2D eigenvalue weighted by molar-refractivity contribution is 5.73. The molecule has 4 heteroatoms. The largest absolute Gasteiger partial charge is 0.493 e. The van der Waals surface area contributed by atoms with E-state index in [-0.39, 0.29) is 0 Å². The molecule has 0 saturated heterocycles. The number of aryl methyl sites for hydroxylation is 1. The highest BCUT2D eigenvalue weighted by Gasteiger charge is 2.14. The molecular weight excluding hydrogens is 250 g/mol. The van der Waals surface area contributed by atoms with Gasteiger partial charge in [0.25, 0.3) is 0 Å². The molecule has 0 spiro atoms. The first-order chi connectivity index (χ1) is 9.67. The van der Waals surface area contributed by atoms with Crippen LogP contribution >= 0.6 is 0 Å². The van der Waals surface area contributed by atoms with Crippen molar-refractivity contribution in [3.63, 3.8) is 0 Å². The van der Waals surface area contributed by atoms with Crippen LogP contribution in [0.25, 0.3) is 11.3 Å². The van der Waals surface area contributed by atoms with Gasteiger partial charge in [0, 0.05) is 18.2 Å². The Bertz CT molecular complexity index is 596. The van der Waals surface area contributed by atoms with Crippen LogP contribution in [0.1, 0.15) is 24.7 Å². The number of ether oxygens (including phenoxy) is 1. The normalized spacial score (nSPS) is 10.4. The van der Waals surface area contributed by atoms with Crippen molar-refractivity contribution in [1.82, 2.24) is 9.97 Å². The molecular formula is C16H21N3O. The number of para-hydroxylation sites is 1. The van der Waals surface area contributed by atoms with Crippen LogP contribution in [0.3, 0.4) is 0 Å². The predicted molar refractivity (Wildman–Crippen MR) is 82.3 cm³/mol. The van der Waals surface area contributed by atoms with Gasteiger partial charge in [0.1, 0.15) is 17.4 Å². The Kier molecular flexibility index (Phi) is 4.56. The van der Waals surface area contributed by atoms with Gasteiger partial charge in [-0.15, -0.1) is 0 Å². The maximum atomic E-state index is 5.83. The molecule has 1 aromatic heterocycles. The molecule has 0 radical (unpaired) electrons. The van der Waals surface area contributed by atoms with Gasteiger partial charge in [-0.05, 0) is 32.4 Å². The molecule has 0 aliphatic rings. The lowest BCUT2D eigenvalue weighted by Crippen LogP contribution is -2.04. The Labute approximate surface area is 120 Å². The van der Waals surface area contributed by atoms with Crippen LogP contribution in [0.2, 0.25) is 0 Å². The molecule has 4 nitrogen and oxygen atoms in total. The quantitative estimate of drug-likeness (QED) is 0.902. The number of rotatable bonds is 5. The Hall–Kier alpha value is -2.10. The molecule has 0 aliphatic carbocycles. The summed E-state index contributed by atoms with van der Waals surface area (Å²) in [5.74, 6) is 2.48. The van der Waals surface area contributed by atoms with Crippen LogP contribution in [-0.4, -0.2) is 23.6 Å². The van der Waals surface area contributed by atoms with Crippen molar-refractivity contribution in [2.24, 2.45) is 0 Å². The molecule has 0 bridgehead atoms. The molecule has 0 saturated carbocycles. The minimum absolute atomic E-state index is 0.707. The summed E-state index contributed by atoms with van der Waals surface area (Å²) >= 11 is 0.